The van der Waals surface area contributed by atoms with E-state index < -0.39 is 22.9 Å². The molecule has 1 aromatic heterocycles. The summed E-state index contributed by atoms with van der Waals surface area (Å²) in [5.41, 5.74) is -2.26. The second-order valence-electron chi connectivity index (χ2n) is 2.77. The summed E-state index contributed by atoms with van der Waals surface area (Å²) in [6.45, 7) is 0.626. The fraction of sp³-hybridized carbons (Fsp3) is 0.429. The number of hydrogen-bond acceptors (Lipinski definition) is 2. The highest BCUT2D eigenvalue weighted by Crippen LogP contribution is 2.23. The van der Waals surface area contributed by atoms with Crippen LogP contribution >= 0.6 is 0 Å². The number of hydrogen-bond donors (Lipinski definition) is 1. The van der Waals surface area contributed by atoms with Gasteiger partial charge in [-0.15, -0.1) is 0 Å². The van der Waals surface area contributed by atoms with Gasteiger partial charge in [-0.2, -0.15) is 0 Å². The summed E-state index contributed by atoms with van der Waals surface area (Å²) in [5, 5.41) is 0. The first-order valence-electron chi connectivity index (χ1n) is 3.51. The summed E-state index contributed by atoms with van der Waals surface area (Å²) in [6, 6.07) is 0.710. The second-order valence-corrected chi connectivity index (χ2v) is 2.77. The average Bonchev–Trinajstić information content (AvgIpc) is 1.94. The summed E-state index contributed by atoms with van der Waals surface area (Å²) < 4.78 is 26.2. The van der Waals surface area contributed by atoms with Gasteiger partial charge in [-0.3, -0.25) is 14.3 Å². The van der Waals surface area contributed by atoms with E-state index in [-0.39, 0.29) is 0 Å². The topological polar surface area (TPSA) is 54.9 Å². The van der Waals surface area contributed by atoms with E-state index in [4.69, 9.17) is 0 Å². The molecule has 0 bridgehead atoms. The van der Waals surface area contributed by atoms with E-state index in [0.717, 1.165) is 0 Å². The Labute approximate surface area is 71.8 Å². The highest BCUT2D eigenvalue weighted by molar-refractivity contribution is 5.06. The fourth-order valence-electron chi connectivity index (χ4n) is 0.977. The van der Waals surface area contributed by atoms with Crippen molar-refractivity contribution in [3.63, 3.8) is 0 Å². The number of rotatable bonds is 1. The van der Waals surface area contributed by atoms with Crippen molar-refractivity contribution in [2.75, 3.05) is 0 Å². The lowest BCUT2D eigenvalue weighted by Crippen LogP contribution is -2.33. The number of aromatic nitrogens is 2. The lowest BCUT2D eigenvalue weighted by Gasteiger charge is -2.13. The zero-order valence-electron chi connectivity index (χ0n) is 7.10. The predicted octanol–water partition coefficient (Wildman–Crippen LogP) is 0.185. The summed E-state index contributed by atoms with van der Waals surface area (Å²) in [4.78, 5) is 23.5. The maximum atomic E-state index is 12.8. The van der Waals surface area contributed by atoms with Crippen LogP contribution in [-0.2, 0) is 13.0 Å². The van der Waals surface area contributed by atoms with Gasteiger partial charge in [0.2, 0.25) is 0 Å². The second kappa shape index (κ2) is 2.79. The molecule has 1 aromatic rings. The van der Waals surface area contributed by atoms with Gasteiger partial charge in [0.05, 0.1) is 5.69 Å². The Kier molecular flexibility index (Phi) is 2.07. The molecule has 0 saturated carbocycles. The molecule has 0 fully saturated rings. The van der Waals surface area contributed by atoms with Gasteiger partial charge in [0.1, 0.15) is 0 Å². The molecule has 0 amide bonds. The van der Waals surface area contributed by atoms with Crippen LogP contribution in [0.3, 0.4) is 0 Å². The molecule has 0 unspecified atom stereocenters. The third kappa shape index (κ3) is 1.82. The molecule has 13 heavy (non-hydrogen) atoms. The quantitative estimate of drug-likeness (QED) is 0.687. The van der Waals surface area contributed by atoms with E-state index in [1.165, 1.54) is 7.05 Å². The van der Waals surface area contributed by atoms with Crippen LogP contribution in [0.2, 0.25) is 0 Å². The molecule has 0 spiro atoms. The minimum atomic E-state index is -3.19. The number of nitrogens with zero attached hydrogens (tertiary/aromatic N) is 1. The van der Waals surface area contributed by atoms with E-state index in [9.17, 15) is 18.4 Å². The Hall–Kier alpha value is -1.46. The van der Waals surface area contributed by atoms with Gasteiger partial charge in [0.15, 0.2) is 0 Å². The average molecular weight is 190 g/mol. The monoisotopic (exact) mass is 190 g/mol. The Morgan fingerprint density at radius 3 is 2.46 bits per heavy atom. The minimum Gasteiger partial charge on any atom is -0.295 e. The molecule has 0 radical (unpaired) electrons. The van der Waals surface area contributed by atoms with Crippen LogP contribution in [0, 0.1) is 0 Å². The van der Waals surface area contributed by atoms with Crippen molar-refractivity contribution in [3.8, 4) is 0 Å². The molecule has 0 aliphatic rings. The van der Waals surface area contributed by atoms with Crippen LogP contribution < -0.4 is 11.2 Å². The largest absolute Gasteiger partial charge is 0.328 e. The highest BCUT2D eigenvalue weighted by atomic mass is 19.3. The molecule has 0 atom stereocenters. The molecular formula is C7H8F2N2O2. The predicted molar refractivity (Wildman–Crippen MR) is 41.9 cm³/mol. The highest BCUT2D eigenvalue weighted by Gasteiger charge is 2.28. The number of halogens is 2. The zero-order valence-corrected chi connectivity index (χ0v) is 7.10. The standard InChI is InChI=1S/C7H8F2N2O2/c1-7(8,9)4-3-5(12)10-6(13)11(4)2/h3H,1-2H3,(H,10,12,13). The summed E-state index contributed by atoms with van der Waals surface area (Å²) >= 11 is 0. The van der Waals surface area contributed by atoms with Crippen LogP contribution in [0.25, 0.3) is 0 Å². The van der Waals surface area contributed by atoms with Crippen molar-refractivity contribution >= 4 is 0 Å². The van der Waals surface area contributed by atoms with Gasteiger partial charge in [-0.05, 0) is 0 Å². The van der Waals surface area contributed by atoms with Gasteiger partial charge >= 0.3 is 5.69 Å². The van der Waals surface area contributed by atoms with Gasteiger partial charge in [-0.1, -0.05) is 0 Å². The van der Waals surface area contributed by atoms with Crippen molar-refractivity contribution in [1.29, 1.82) is 0 Å². The van der Waals surface area contributed by atoms with Crippen molar-refractivity contribution in [1.82, 2.24) is 9.55 Å². The summed E-state index contributed by atoms with van der Waals surface area (Å²) in [5.74, 6) is -3.19. The van der Waals surface area contributed by atoms with Gasteiger partial charge in [0, 0.05) is 20.0 Å². The minimum absolute atomic E-state index is 0.596. The molecule has 1 N–H and O–H groups in total. The maximum absolute atomic E-state index is 12.8. The molecule has 6 heteroatoms. The molecule has 72 valence electrons. The van der Waals surface area contributed by atoms with Crippen molar-refractivity contribution in [2.45, 2.75) is 12.8 Å². The van der Waals surface area contributed by atoms with E-state index in [1.54, 1.807) is 0 Å². The zero-order chi connectivity index (χ0) is 10.2. The molecule has 0 aromatic carbocycles. The van der Waals surface area contributed by atoms with Crippen molar-refractivity contribution in [3.05, 3.63) is 32.6 Å². The maximum Gasteiger partial charge on any atom is 0.328 e. The first-order valence-corrected chi connectivity index (χ1v) is 3.51. The SMILES string of the molecule is Cn1c(C(C)(F)F)cc(=O)[nH]c1=O. The normalized spacial score (nSPS) is 11.7. The smallest absolute Gasteiger partial charge is 0.295 e. The van der Waals surface area contributed by atoms with E-state index >= 15 is 0 Å². The molecule has 0 aliphatic heterocycles. The third-order valence-electron chi connectivity index (χ3n) is 1.61. The van der Waals surface area contributed by atoms with Gasteiger partial charge in [-0.25, -0.2) is 13.6 Å². The van der Waals surface area contributed by atoms with Crippen LogP contribution in [0.15, 0.2) is 15.7 Å². The Balaban J connectivity index is 3.56. The summed E-state index contributed by atoms with van der Waals surface area (Å²) in [7, 11) is 1.17. The number of nitrogens with one attached hydrogen (secondary N) is 1. The first kappa shape index (κ1) is 9.63. The number of alkyl halides is 2. The number of H-pyrrole nitrogens is 1. The Morgan fingerprint density at radius 2 is 2.00 bits per heavy atom. The van der Waals surface area contributed by atoms with Crippen LogP contribution in [0.4, 0.5) is 8.78 Å². The van der Waals surface area contributed by atoms with E-state index in [1.807, 2.05) is 4.98 Å². The van der Waals surface area contributed by atoms with E-state index in [0.29, 0.717) is 17.6 Å². The lowest BCUT2D eigenvalue weighted by molar-refractivity contribution is 0.00841. The Bertz CT molecular complexity index is 427. The number of aromatic amines is 1. The third-order valence-corrected chi connectivity index (χ3v) is 1.61. The fourth-order valence-corrected chi connectivity index (χ4v) is 0.977. The van der Waals surface area contributed by atoms with Crippen LogP contribution in [0.5, 0.6) is 0 Å². The van der Waals surface area contributed by atoms with Crippen molar-refractivity contribution in [2.24, 2.45) is 7.05 Å². The summed E-state index contributed by atoms with van der Waals surface area (Å²) in [6.07, 6.45) is 0. The molecule has 0 saturated heterocycles. The van der Waals surface area contributed by atoms with Crippen LogP contribution in [-0.4, -0.2) is 9.55 Å². The first-order chi connectivity index (χ1) is 5.82. The molecule has 0 aliphatic carbocycles. The molecule has 4 nitrogen and oxygen atoms in total. The molecular weight excluding hydrogens is 182 g/mol. The lowest BCUT2D eigenvalue weighted by atomic mass is 10.2. The van der Waals surface area contributed by atoms with E-state index in [2.05, 4.69) is 0 Å². The Morgan fingerprint density at radius 1 is 1.46 bits per heavy atom. The van der Waals surface area contributed by atoms with Crippen LogP contribution in [0.1, 0.15) is 12.6 Å². The van der Waals surface area contributed by atoms with Crippen molar-refractivity contribution < 1.29 is 8.78 Å². The molecule has 1 rings (SSSR count). The molecule has 1 heterocycles. The van der Waals surface area contributed by atoms with Gasteiger partial charge < -0.3 is 0 Å². The van der Waals surface area contributed by atoms with Gasteiger partial charge in [0.25, 0.3) is 11.5 Å².